The highest BCUT2D eigenvalue weighted by molar-refractivity contribution is 5.74. The van der Waals surface area contributed by atoms with Gasteiger partial charge >= 0.3 is 12.1 Å². The molecule has 2 heterocycles. The summed E-state index contributed by atoms with van der Waals surface area (Å²) >= 11 is 0. The van der Waals surface area contributed by atoms with Crippen LogP contribution in [0.15, 0.2) is 54.6 Å². The summed E-state index contributed by atoms with van der Waals surface area (Å²) < 4.78 is 5.71. The number of benzene rings is 2. The van der Waals surface area contributed by atoms with Gasteiger partial charge in [-0.2, -0.15) is 5.26 Å². The molecule has 2 saturated heterocycles. The van der Waals surface area contributed by atoms with Gasteiger partial charge in [-0.15, -0.1) is 0 Å². The van der Waals surface area contributed by atoms with E-state index in [1.54, 1.807) is 12.1 Å². The fourth-order valence-corrected chi connectivity index (χ4v) is 7.11. The molecule has 2 N–H and O–H groups in total. The number of nitrogens with zero attached hydrogens (tertiary/aromatic N) is 3. The first-order valence-electron chi connectivity index (χ1n) is 15.2. The van der Waals surface area contributed by atoms with Crippen molar-refractivity contribution in [3.05, 3.63) is 71.3 Å². The number of ether oxygens (including phenoxy) is 1. The third-order valence-electron chi connectivity index (χ3n) is 9.26. The highest BCUT2D eigenvalue weighted by atomic mass is 16.6. The van der Waals surface area contributed by atoms with Crippen LogP contribution >= 0.6 is 0 Å². The summed E-state index contributed by atoms with van der Waals surface area (Å²) in [6, 6.07) is 19.4. The van der Waals surface area contributed by atoms with E-state index in [1.165, 1.54) is 12.0 Å². The number of carbonyl (C=O) groups is 2. The number of nitriles is 1. The average molecular weight is 559 g/mol. The van der Waals surface area contributed by atoms with E-state index < -0.39 is 18.1 Å². The maximum atomic E-state index is 12.5. The zero-order valence-electron chi connectivity index (χ0n) is 23.8. The lowest BCUT2D eigenvalue weighted by Gasteiger charge is -2.35. The molecule has 0 spiro atoms. The Morgan fingerprint density at radius 2 is 1.68 bits per heavy atom. The Morgan fingerprint density at radius 1 is 0.976 bits per heavy atom. The third kappa shape index (κ3) is 7.66. The molecule has 1 aliphatic carbocycles. The van der Waals surface area contributed by atoms with Crippen LogP contribution in [-0.4, -0.2) is 71.8 Å². The fourth-order valence-electron chi connectivity index (χ4n) is 7.11. The Hall–Kier alpha value is -3.41. The summed E-state index contributed by atoms with van der Waals surface area (Å²) in [6.45, 7) is 4.60. The second kappa shape index (κ2) is 14.0. The Labute approximate surface area is 243 Å². The number of nitrogens with one attached hydrogen (secondary N) is 1. The number of aliphatic carboxylic acids is 1. The van der Waals surface area contributed by atoms with E-state index in [0.29, 0.717) is 23.9 Å². The Balaban J connectivity index is 1.14. The predicted octanol–water partition coefficient (Wildman–Crippen LogP) is 5.00. The molecule has 1 amide bonds. The van der Waals surface area contributed by atoms with Gasteiger partial charge in [0.25, 0.3) is 0 Å². The smallest absolute Gasteiger partial charge is 0.407 e. The topological polar surface area (TPSA) is 106 Å². The van der Waals surface area contributed by atoms with Crippen LogP contribution in [0.1, 0.15) is 67.6 Å². The maximum absolute atomic E-state index is 12.5. The highest BCUT2D eigenvalue weighted by Gasteiger charge is 2.43. The molecule has 1 saturated carbocycles. The number of rotatable bonds is 9. The van der Waals surface area contributed by atoms with Crippen molar-refractivity contribution in [2.45, 2.75) is 69.6 Å². The van der Waals surface area contributed by atoms with Crippen molar-refractivity contribution >= 4 is 12.1 Å². The minimum Gasteiger partial charge on any atom is -0.480 e. The molecule has 0 aromatic heterocycles. The van der Waals surface area contributed by atoms with Crippen LogP contribution in [0.5, 0.6) is 0 Å². The first-order valence-corrected chi connectivity index (χ1v) is 15.2. The van der Waals surface area contributed by atoms with Crippen LogP contribution in [0, 0.1) is 23.2 Å². The van der Waals surface area contributed by atoms with Crippen LogP contribution in [0.3, 0.4) is 0 Å². The molecule has 41 heavy (non-hydrogen) atoms. The zero-order valence-corrected chi connectivity index (χ0v) is 23.8. The lowest BCUT2D eigenvalue weighted by molar-refractivity contribution is -0.145. The highest BCUT2D eigenvalue weighted by Crippen LogP contribution is 2.38. The van der Waals surface area contributed by atoms with Gasteiger partial charge in [-0.3, -0.25) is 9.69 Å². The van der Waals surface area contributed by atoms with E-state index in [9.17, 15) is 14.7 Å². The Morgan fingerprint density at radius 3 is 2.34 bits per heavy atom. The summed E-state index contributed by atoms with van der Waals surface area (Å²) in [5.41, 5.74) is 2.81. The van der Waals surface area contributed by atoms with Gasteiger partial charge in [0.05, 0.1) is 11.6 Å². The van der Waals surface area contributed by atoms with Gasteiger partial charge in [0.2, 0.25) is 0 Å². The van der Waals surface area contributed by atoms with Crippen molar-refractivity contribution in [2.24, 2.45) is 11.8 Å². The second-order valence-electron chi connectivity index (χ2n) is 12.0. The third-order valence-corrected chi connectivity index (χ3v) is 9.26. The van der Waals surface area contributed by atoms with E-state index in [4.69, 9.17) is 10.00 Å². The second-order valence-corrected chi connectivity index (χ2v) is 12.0. The van der Waals surface area contributed by atoms with Crippen LogP contribution < -0.4 is 5.32 Å². The monoisotopic (exact) mass is 558 g/mol. The van der Waals surface area contributed by atoms with Crippen molar-refractivity contribution in [3.8, 4) is 6.07 Å². The molecular weight excluding hydrogens is 516 g/mol. The van der Waals surface area contributed by atoms with E-state index in [2.05, 4.69) is 45.5 Å². The molecule has 3 fully saturated rings. The number of carboxylic acids is 1. The molecule has 2 aromatic rings. The molecule has 0 radical (unpaired) electrons. The Bertz CT molecular complexity index is 1180. The number of likely N-dealkylation sites (tertiary alicyclic amines) is 2. The first-order chi connectivity index (χ1) is 20.0. The maximum Gasteiger partial charge on any atom is 0.407 e. The molecule has 218 valence electrons. The number of piperidine rings is 1. The first kappa shape index (κ1) is 29.1. The van der Waals surface area contributed by atoms with Gasteiger partial charge in [0.15, 0.2) is 0 Å². The van der Waals surface area contributed by atoms with Crippen molar-refractivity contribution in [1.29, 1.82) is 5.26 Å². The molecule has 8 heteroatoms. The quantitative estimate of drug-likeness (QED) is 0.446. The van der Waals surface area contributed by atoms with Gasteiger partial charge < -0.3 is 20.1 Å². The van der Waals surface area contributed by atoms with E-state index >= 15 is 0 Å². The number of carboxylic acid groups (broad SMARTS) is 1. The van der Waals surface area contributed by atoms with Crippen LogP contribution in [0.2, 0.25) is 0 Å². The summed E-state index contributed by atoms with van der Waals surface area (Å²) in [4.78, 5) is 29.6. The fraction of sp³-hybridized carbons (Fsp3) is 0.545. The zero-order chi connectivity index (χ0) is 28.6. The van der Waals surface area contributed by atoms with Crippen molar-refractivity contribution < 1.29 is 19.4 Å². The van der Waals surface area contributed by atoms with Crippen molar-refractivity contribution in [2.75, 3.05) is 32.7 Å². The molecule has 2 aromatic carbocycles. The largest absolute Gasteiger partial charge is 0.480 e. The molecule has 3 aliphatic rings. The van der Waals surface area contributed by atoms with Crippen molar-refractivity contribution in [3.63, 3.8) is 0 Å². The Kier molecular flexibility index (Phi) is 9.92. The molecule has 0 unspecified atom stereocenters. The van der Waals surface area contributed by atoms with Crippen LogP contribution in [-0.2, 0) is 16.1 Å². The van der Waals surface area contributed by atoms with Gasteiger partial charge in [-0.05, 0) is 60.8 Å². The minimum atomic E-state index is -0.667. The molecule has 5 rings (SSSR count). The van der Waals surface area contributed by atoms with E-state index in [1.807, 2.05) is 18.2 Å². The standard InChI is InChI=1S/C33H42N4O4/c34-19-24-11-13-25(14-12-24)20-35-33(40)41-29-15-17-36(18-16-29)21-28-22-37(23-30(28)26-7-3-1-4-8-26)31(32(38)39)27-9-5-2-6-10-27/h1,3-4,7-8,11-14,27-31H,2,5-6,9-10,15-18,20-23H2,(H,35,40)(H,38,39)/t28-,30+,31+/m0/s1. The van der Waals surface area contributed by atoms with Crippen LogP contribution in [0.25, 0.3) is 0 Å². The number of carbonyl (C=O) groups excluding carboxylic acids is 1. The lowest BCUT2D eigenvalue weighted by atomic mass is 9.83. The van der Waals surface area contributed by atoms with Gasteiger partial charge in [-0.1, -0.05) is 61.7 Å². The normalized spacial score (nSPS) is 23.5. The van der Waals surface area contributed by atoms with Crippen LogP contribution in [0.4, 0.5) is 4.79 Å². The number of amides is 1. The number of hydrogen-bond acceptors (Lipinski definition) is 6. The molecule has 8 nitrogen and oxygen atoms in total. The summed E-state index contributed by atoms with van der Waals surface area (Å²) in [5.74, 6) is 0.242. The summed E-state index contributed by atoms with van der Waals surface area (Å²) in [7, 11) is 0. The summed E-state index contributed by atoms with van der Waals surface area (Å²) in [5, 5.41) is 22.0. The molecule has 2 aliphatic heterocycles. The van der Waals surface area contributed by atoms with E-state index in [0.717, 1.165) is 76.8 Å². The lowest BCUT2D eigenvalue weighted by Crippen LogP contribution is -2.46. The molecule has 0 bridgehead atoms. The summed E-state index contributed by atoms with van der Waals surface area (Å²) in [6.07, 6.45) is 6.58. The molecule has 3 atom stereocenters. The van der Waals surface area contributed by atoms with Gasteiger partial charge in [0, 0.05) is 45.2 Å². The average Bonchev–Trinajstić information content (AvgIpc) is 3.41. The predicted molar refractivity (Wildman–Crippen MR) is 156 cm³/mol. The number of alkyl carbamates (subject to hydrolysis) is 1. The van der Waals surface area contributed by atoms with Crippen molar-refractivity contribution in [1.82, 2.24) is 15.1 Å². The number of hydrogen-bond donors (Lipinski definition) is 2. The van der Waals surface area contributed by atoms with E-state index in [-0.39, 0.29) is 12.0 Å². The minimum absolute atomic E-state index is 0.111. The van der Waals surface area contributed by atoms with Gasteiger partial charge in [0.1, 0.15) is 12.1 Å². The van der Waals surface area contributed by atoms with Gasteiger partial charge in [-0.25, -0.2) is 4.79 Å². The molecular formula is C33H42N4O4. The SMILES string of the molecule is N#Cc1ccc(CNC(=O)OC2CCN(C[C@H]3CN([C@@H](C(=O)O)C4CCCCC4)C[C@@H]3c3ccccc3)CC2)cc1.